The van der Waals surface area contributed by atoms with Crippen LogP contribution in [0.25, 0.3) is 0 Å². The van der Waals surface area contributed by atoms with Crippen molar-refractivity contribution in [3.05, 3.63) is 72.9 Å². The number of esters is 3. The summed E-state index contributed by atoms with van der Waals surface area (Å²) in [5, 5.41) is 0. The topological polar surface area (TPSA) is 78.9 Å². The maximum atomic E-state index is 12.8. The number of rotatable bonds is 43. The van der Waals surface area contributed by atoms with E-state index in [-0.39, 0.29) is 37.5 Å². The van der Waals surface area contributed by atoms with Crippen LogP contribution in [0.4, 0.5) is 0 Å². The summed E-state index contributed by atoms with van der Waals surface area (Å²) in [5.74, 6) is -0.963. The Morgan fingerprint density at radius 1 is 0.373 bits per heavy atom. The molecule has 338 valence electrons. The summed E-state index contributed by atoms with van der Waals surface area (Å²) in [5.41, 5.74) is 0. The molecule has 1 unspecified atom stereocenters. The van der Waals surface area contributed by atoms with Crippen molar-refractivity contribution in [3.63, 3.8) is 0 Å². The summed E-state index contributed by atoms with van der Waals surface area (Å²) in [6.45, 7) is 6.33. The maximum absolute atomic E-state index is 12.8. The lowest BCUT2D eigenvalue weighted by Gasteiger charge is -2.18. The fourth-order valence-electron chi connectivity index (χ4n) is 6.64. The molecule has 0 aliphatic heterocycles. The van der Waals surface area contributed by atoms with Crippen LogP contribution in [-0.4, -0.2) is 37.2 Å². The zero-order valence-corrected chi connectivity index (χ0v) is 38.5. The summed E-state index contributed by atoms with van der Waals surface area (Å²) < 4.78 is 16.7. The number of carbonyl (C=O) groups excluding carboxylic acids is 3. The van der Waals surface area contributed by atoms with Gasteiger partial charge < -0.3 is 14.2 Å². The Hall–Kier alpha value is -3.15. The molecule has 0 aromatic rings. The molecule has 0 aromatic carbocycles. The van der Waals surface area contributed by atoms with Gasteiger partial charge in [0.2, 0.25) is 0 Å². The fourth-order valence-corrected chi connectivity index (χ4v) is 6.64. The van der Waals surface area contributed by atoms with Gasteiger partial charge in [-0.25, -0.2) is 0 Å². The quantitative estimate of drug-likeness (QED) is 0.0200. The first-order valence-electron chi connectivity index (χ1n) is 24.5. The number of allylic oxidation sites excluding steroid dienone is 12. The number of hydrogen-bond acceptors (Lipinski definition) is 6. The van der Waals surface area contributed by atoms with Gasteiger partial charge in [0.25, 0.3) is 0 Å². The second kappa shape index (κ2) is 47.5. The standard InChI is InChI=1S/C53H90O6/c1-4-7-10-13-16-19-22-24-26-28-31-34-37-40-43-46-52(55)58-49-50(48-57-51(54)45-42-39-36-33-30-21-18-15-12-9-6-3)59-53(56)47-44-41-38-35-32-29-27-25-23-20-17-14-11-8-5-2/h7,9-10,12-13,16,18-19,21-22,33,36,50H,4-6,8,11,14-15,17,20,23-32,34-35,37-49H2,1-3H3/b10-7-,12-9-,16-13-,21-18-,22-19-,36-33-. The van der Waals surface area contributed by atoms with Crippen molar-refractivity contribution in [3.8, 4) is 0 Å². The highest BCUT2D eigenvalue weighted by atomic mass is 16.6. The molecule has 0 amide bonds. The Morgan fingerprint density at radius 3 is 1.27 bits per heavy atom. The molecular formula is C53H90O6. The van der Waals surface area contributed by atoms with Crippen LogP contribution >= 0.6 is 0 Å². The minimum absolute atomic E-state index is 0.0963. The van der Waals surface area contributed by atoms with Crippen molar-refractivity contribution in [1.29, 1.82) is 0 Å². The highest BCUT2D eigenvalue weighted by molar-refractivity contribution is 5.71. The third kappa shape index (κ3) is 45.8. The van der Waals surface area contributed by atoms with E-state index in [9.17, 15) is 14.4 Å². The largest absolute Gasteiger partial charge is 0.462 e. The van der Waals surface area contributed by atoms with E-state index in [0.717, 1.165) is 77.0 Å². The van der Waals surface area contributed by atoms with Crippen LogP contribution in [0.1, 0.15) is 226 Å². The van der Waals surface area contributed by atoms with Crippen LogP contribution in [-0.2, 0) is 28.6 Å². The Morgan fingerprint density at radius 2 is 0.763 bits per heavy atom. The van der Waals surface area contributed by atoms with Crippen LogP contribution in [0.15, 0.2) is 72.9 Å². The van der Waals surface area contributed by atoms with Gasteiger partial charge in [0.15, 0.2) is 6.10 Å². The second-order valence-corrected chi connectivity index (χ2v) is 16.0. The van der Waals surface area contributed by atoms with Crippen LogP contribution < -0.4 is 0 Å². The van der Waals surface area contributed by atoms with Crippen LogP contribution in [0.2, 0.25) is 0 Å². The van der Waals surface area contributed by atoms with Gasteiger partial charge in [-0.2, -0.15) is 0 Å². The molecule has 0 fully saturated rings. The highest BCUT2D eigenvalue weighted by Gasteiger charge is 2.19. The highest BCUT2D eigenvalue weighted by Crippen LogP contribution is 2.15. The number of hydrogen-bond donors (Lipinski definition) is 0. The molecule has 0 rings (SSSR count). The lowest BCUT2D eigenvalue weighted by molar-refractivity contribution is -0.167. The van der Waals surface area contributed by atoms with Gasteiger partial charge in [-0.1, -0.05) is 216 Å². The molecule has 0 heterocycles. The first-order chi connectivity index (χ1) is 29.0. The Balaban J connectivity index is 4.42. The summed E-state index contributed by atoms with van der Waals surface area (Å²) in [6.07, 6.45) is 58.9. The molecule has 0 spiro atoms. The van der Waals surface area contributed by atoms with Gasteiger partial charge in [0, 0.05) is 19.3 Å². The van der Waals surface area contributed by atoms with Crippen molar-refractivity contribution in [1.82, 2.24) is 0 Å². The van der Waals surface area contributed by atoms with Gasteiger partial charge in [0.1, 0.15) is 13.2 Å². The number of ether oxygens (including phenoxy) is 3. The average molecular weight is 823 g/mol. The first kappa shape index (κ1) is 55.9. The van der Waals surface area contributed by atoms with Gasteiger partial charge in [-0.15, -0.1) is 0 Å². The molecule has 0 radical (unpaired) electrons. The smallest absolute Gasteiger partial charge is 0.306 e. The average Bonchev–Trinajstić information content (AvgIpc) is 3.23. The van der Waals surface area contributed by atoms with E-state index in [1.165, 1.54) is 103 Å². The third-order valence-electron chi connectivity index (χ3n) is 10.3. The lowest BCUT2D eigenvalue weighted by Crippen LogP contribution is -2.30. The summed E-state index contributed by atoms with van der Waals surface area (Å²) in [6, 6.07) is 0. The molecule has 0 saturated heterocycles. The van der Waals surface area contributed by atoms with Gasteiger partial charge >= 0.3 is 17.9 Å². The van der Waals surface area contributed by atoms with Crippen molar-refractivity contribution in [2.24, 2.45) is 0 Å². The molecule has 0 aliphatic carbocycles. The van der Waals surface area contributed by atoms with Crippen molar-refractivity contribution < 1.29 is 28.6 Å². The molecule has 59 heavy (non-hydrogen) atoms. The molecule has 0 N–H and O–H groups in total. The molecule has 6 nitrogen and oxygen atoms in total. The monoisotopic (exact) mass is 823 g/mol. The number of unbranched alkanes of at least 4 members (excludes halogenated alkanes) is 22. The van der Waals surface area contributed by atoms with Crippen molar-refractivity contribution in [2.45, 2.75) is 232 Å². The molecular weight excluding hydrogens is 733 g/mol. The van der Waals surface area contributed by atoms with E-state index in [1.54, 1.807) is 0 Å². The molecule has 0 aromatic heterocycles. The van der Waals surface area contributed by atoms with Gasteiger partial charge in [0.05, 0.1) is 0 Å². The second-order valence-electron chi connectivity index (χ2n) is 16.0. The zero-order valence-electron chi connectivity index (χ0n) is 38.5. The van der Waals surface area contributed by atoms with Crippen LogP contribution in [0, 0.1) is 0 Å². The van der Waals surface area contributed by atoms with E-state index in [2.05, 4.69) is 93.7 Å². The molecule has 1 atom stereocenters. The summed E-state index contributed by atoms with van der Waals surface area (Å²) >= 11 is 0. The predicted molar refractivity (Wildman–Crippen MR) is 251 cm³/mol. The fraction of sp³-hybridized carbons (Fsp3) is 0.717. The molecule has 0 bridgehead atoms. The first-order valence-corrected chi connectivity index (χ1v) is 24.5. The Kier molecular flexibility index (Phi) is 45.0. The Bertz CT molecular complexity index is 1130. The van der Waals surface area contributed by atoms with E-state index in [1.807, 2.05) is 0 Å². The van der Waals surface area contributed by atoms with E-state index >= 15 is 0 Å². The predicted octanol–water partition coefficient (Wildman–Crippen LogP) is 15.9. The van der Waals surface area contributed by atoms with Crippen molar-refractivity contribution in [2.75, 3.05) is 13.2 Å². The van der Waals surface area contributed by atoms with Crippen molar-refractivity contribution >= 4 is 17.9 Å². The Labute approximate surface area is 363 Å². The summed E-state index contributed by atoms with van der Waals surface area (Å²) in [7, 11) is 0. The molecule has 0 saturated carbocycles. The SMILES string of the molecule is CC\C=C/C=C\C=C/CCCCCCCCCC(=O)OCC(COC(=O)CCC/C=C\C/C=C\C/C=C\CC)OC(=O)CCCCCCCCCCCCCCCCC. The molecule has 6 heteroatoms. The third-order valence-corrected chi connectivity index (χ3v) is 10.3. The minimum atomic E-state index is -0.797. The van der Waals surface area contributed by atoms with Gasteiger partial charge in [-0.05, 0) is 64.2 Å². The van der Waals surface area contributed by atoms with Crippen LogP contribution in [0.3, 0.4) is 0 Å². The van der Waals surface area contributed by atoms with Crippen LogP contribution in [0.5, 0.6) is 0 Å². The zero-order chi connectivity index (χ0) is 43.0. The minimum Gasteiger partial charge on any atom is -0.462 e. The number of carbonyl (C=O) groups is 3. The maximum Gasteiger partial charge on any atom is 0.306 e. The van der Waals surface area contributed by atoms with E-state index in [4.69, 9.17) is 14.2 Å². The summed E-state index contributed by atoms with van der Waals surface area (Å²) in [4.78, 5) is 37.8. The lowest BCUT2D eigenvalue weighted by atomic mass is 10.0. The normalized spacial score (nSPS) is 12.7. The van der Waals surface area contributed by atoms with E-state index in [0.29, 0.717) is 19.3 Å². The van der Waals surface area contributed by atoms with Gasteiger partial charge in [-0.3, -0.25) is 14.4 Å². The van der Waals surface area contributed by atoms with E-state index < -0.39 is 6.10 Å². The molecule has 0 aliphatic rings.